The zero-order valence-electron chi connectivity index (χ0n) is 16.0. The lowest BCUT2D eigenvalue weighted by molar-refractivity contribution is -0.277. The molecular formula is C21H21NO8. The number of fused-ring (bicyclic) bond motifs is 1. The first-order valence-corrected chi connectivity index (χ1v) is 9.36. The Morgan fingerprint density at radius 2 is 1.90 bits per heavy atom. The standard InChI is InChI=1S/C21H21NO8/c1-10-16(13-4-2-3-7-22-13)17(24)12-6-5-11(8-14(12)28-10)29-21-20(27)19(26)18(25)15(9-23)30-21/h2-8,15,18-21,23,25-27H,9H2,1H3. The lowest BCUT2D eigenvalue weighted by atomic mass is 9.99. The van der Waals surface area contributed by atoms with Gasteiger partial charge in [-0.2, -0.15) is 0 Å². The molecule has 3 aromatic rings. The highest BCUT2D eigenvalue weighted by Crippen LogP contribution is 2.28. The molecule has 158 valence electrons. The number of hydrogen-bond acceptors (Lipinski definition) is 9. The highest BCUT2D eigenvalue weighted by Gasteiger charge is 2.44. The van der Waals surface area contributed by atoms with E-state index in [1.54, 1.807) is 31.3 Å². The third-order valence-electron chi connectivity index (χ3n) is 5.06. The summed E-state index contributed by atoms with van der Waals surface area (Å²) >= 11 is 0. The van der Waals surface area contributed by atoms with E-state index in [1.807, 2.05) is 0 Å². The van der Waals surface area contributed by atoms with E-state index >= 15 is 0 Å². The van der Waals surface area contributed by atoms with Crippen LogP contribution in [0.2, 0.25) is 0 Å². The van der Waals surface area contributed by atoms with E-state index < -0.39 is 37.3 Å². The van der Waals surface area contributed by atoms with E-state index in [0.29, 0.717) is 22.4 Å². The van der Waals surface area contributed by atoms with Gasteiger partial charge in [-0.3, -0.25) is 9.78 Å². The second-order valence-corrected chi connectivity index (χ2v) is 7.05. The molecule has 9 heteroatoms. The number of benzene rings is 1. The largest absolute Gasteiger partial charge is 0.462 e. The molecule has 0 bridgehead atoms. The van der Waals surface area contributed by atoms with Crippen LogP contribution in [0.15, 0.2) is 51.8 Å². The van der Waals surface area contributed by atoms with Gasteiger partial charge in [-0.15, -0.1) is 0 Å². The fourth-order valence-corrected chi connectivity index (χ4v) is 3.46. The van der Waals surface area contributed by atoms with E-state index in [0.717, 1.165) is 0 Å². The van der Waals surface area contributed by atoms with Crippen LogP contribution >= 0.6 is 0 Å². The maximum Gasteiger partial charge on any atom is 0.229 e. The van der Waals surface area contributed by atoms with E-state index in [1.165, 1.54) is 18.2 Å². The summed E-state index contributed by atoms with van der Waals surface area (Å²) in [5.74, 6) is 0.594. The lowest BCUT2D eigenvalue weighted by Gasteiger charge is -2.39. The van der Waals surface area contributed by atoms with Gasteiger partial charge in [0, 0.05) is 12.3 Å². The van der Waals surface area contributed by atoms with Gasteiger partial charge in [-0.25, -0.2) is 0 Å². The van der Waals surface area contributed by atoms with E-state index in [2.05, 4.69) is 4.98 Å². The molecule has 5 atom stereocenters. The van der Waals surface area contributed by atoms with Gasteiger partial charge in [0.2, 0.25) is 11.7 Å². The van der Waals surface area contributed by atoms with Crippen LogP contribution in [0, 0.1) is 6.92 Å². The number of rotatable bonds is 4. The number of aliphatic hydroxyl groups is 4. The van der Waals surface area contributed by atoms with Gasteiger partial charge in [0.25, 0.3) is 0 Å². The number of nitrogens with zero attached hydrogens (tertiary/aromatic N) is 1. The van der Waals surface area contributed by atoms with Crippen molar-refractivity contribution in [2.45, 2.75) is 37.6 Å². The molecule has 2 aromatic heterocycles. The van der Waals surface area contributed by atoms with Crippen LogP contribution in [0.25, 0.3) is 22.2 Å². The summed E-state index contributed by atoms with van der Waals surface area (Å²) in [5.41, 5.74) is 0.893. The molecule has 0 amide bonds. The smallest absolute Gasteiger partial charge is 0.229 e. The molecule has 9 nitrogen and oxygen atoms in total. The molecule has 0 saturated carbocycles. The highest BCUT2D eigenvalue weighted by atomic mass is 16.7. The van der Waals surface area contributed by atoms with Crippen molar-refractivity contribution in [3.8, 4) is 17.0 Å². The van der Waals surface area contributed by atoms with Gasteiger partial charge in [-0.1, -0.05) is 6.07 Å². The predicted octanol–water partition coefficient (Wildman–Crippen LogP) is 0.342. The molecule has 0 radical (unpaired) electrons. The molecule has 4 rings (SSSR count). The van der Waals surface area contributed by atoms with E-state index in [9.17, 15) is 25.2 Å². The van der Waals surface area contributed by atoms with Crippen LogP contribution in [0.4, 0.5) is 0 Å². The van der Waals surface area contributed by atoms with Gasteiger partial charge >= 0.3 is 0 Å². The molecule has 4 N–H and O–H groups in total. The summed E-state index contributed by atoms with van der Waals surface area (Å²) in [6.45, 7) is 1.10. The normalized spacial score (nSPS) is 26.6. The Balaban J connectivity index is 1.67. The Kier molecular flexibility index (Phi) is 5.54. The summed E-state index contributed by atoms with van der Waals surface area (Å²) in [7, 11) is 0. The summed E-state index contributed by atoms with van der Waals surface area (Å²) in [6.07, 6.45) is -5.41. The van der Waals surface area contributed by atoms with E-state index in [-0.39, 0.29) is 16.8 Å². The van der Waals surface area contributed by atoms with Gasteiger partial charge in [-0.05, 0) is 31.2 Å². The molecule has 0 spiro atoms. The van der Waals surface area contributed by atoms with Crippen LogP contribution in [0.5, 0.6) is 5.75 Å². The fraction of sp³-hybridized carbons (Fsp3) is 0.333. The van der Waals surface area contributed by atoms with Gasteiger partial charge < -0.3 is 34.3 Å². The average molecular weight is 415 g/mol. The van der Waals surface area contributed by atoms with Crippen molar-refractivity contribution in [2.24, 2.45) is 0 Å². The second kappa shape index (κ2) is 8.13. The Morgan fingerprint density at radius 1 is 1.10 bits per heavy atom. The molecule has 5 unspecified atom stereocenters. The molecule has 3 heterocycles. The topological polar surface area (TPSA) is 142 Å². The molecular weight excluding hydrogens is 394 g/mol. The summed E-state index contributed by atoms with van der Waals surface area (Å²) in [5, 5.41) is 39.5. The molecule has 0 aliphatic carbocycles. The third-order valence-corrected chi connectivity index (χ3v) is 5.06. The number of ether oxygens (including phenoxy) is 2. The maximum absolute atomic E-state index is 13.0. The third kappa shape index (κ3) is 3.57. The Labute approximate surface area is 170 Å². The number of aliphatic hydroxyl groups excluding tert-OH is 4. The SMILES string of the molecule is Cc1oc2cc(OC3OC(CO)C(O)C(O)C3O)ccc2c(=O)c1-c1ccccn1. The minimum absolute atomic E-state index is 0.208. The Morgan fingerprint density at radius 3 is 2.60 bits per heavy atom. The van der Waals surface area contributed by atoms with Crippen molar-refractivity contribution in [3.63, 3.8) is 0 Å². The average Bonchev–Trinajstić information content (AvgIpc) is 2.74. The first-order valence-electron chi connectivity index (χ1n) is 9.36. The van der Waals surface area contributed by atoms with Crippen LogP contribution in [0.1, 0.15) is 5.76 Å². The van der Waals surface area contributed by atoms with Crippen LogP contribution in [0.3, 0.4) is 0 Å². The maximum atomic E-state index is 13.0. The van der Waals surface area contributed by atoms with Crippen LogP contribution in [-0.2, 0) is 4.74 Å². The van der Waals surface area contributed by atoms with Crippen molar-refractivity contribution >= 4 is 11.0 Å². The van der Waals surface area contributed by atoms with Crippen molar-refractivity contribution in [1.29, 1.82) is 0 Å². The van der Waals surface area contributed by atoms with Crippen molar-refractivity contribution < 1.29 is 34.3 Å². The number of hydrogen-bond donors (Lipinski definition) is 4. The van der Waals surface area contributed by atoms with Crippen LogP contribution < -0.4 is 10.2 Å². The summed E-state index contributed by atoms with van der Waals surface area (Å²) in [4.78, 5) is 17.2. The van der Waals surface area contributed by atoms with Gasteiger partial charge in [0.15, 0.2) is 0 Å². The molecule has 1 aliphatic heterocycles. The summed E-state index contributed by atoms with van der Waals surface area (Å²) < 4.78 is 16.7. The molecule has 30 heavy (non-hydrogen) atoms. The van der Waals surface area contributed by atoms with E-state index in [4.69, 9.17) is 13.9 Å². The number of aryl methyl sites for hydroxylation is 1. The first-order chi connectivity index (χ1) is 14.4. The molecule has 1 saturated heterocycles. The number of pyridine rings is 1. The highest BCUT2D eigenvalue weighted by molar-refractivity contribution is 5.83. The predicted molar refractivity (Wildman–Crippen MR) is 105 cm³/mol. The first kappa shape index (κ1) is 20.5. The fourth-order valence-electron chi connectivity index (χ4n) is 3.46. The molecule has 1 aromatic carbocycles. The number of aromatic nitrogens is 1. The lowest BCUT2D eigenvalue weighted by Crippen LogP contribution is -2.60. The van der Waals surface area contributed by atoms with Gasteiger partial charge in [0.05, 0.1) is 23.3 Å². The molecule has 1 fully saturated rings. The minimum Gasteiger partial charge on any atom is -0.462 e. The van der Waals surface area contributed by atoms with Crippen molar-refractivity contribution in [1.82, 2.24) is 4.98 Å². The zero-order valence-corrected chi connectivity index (χ0v) is 16.0. The zero-order chi connectivity index (χ0) is 21.4. The monoisotopic (exact) mass is 415 g/mol. The quantitative estimate of drug-likeness (QED) is 0.474. The Bertz CT molecular complexity index is 1100. The van der Waals surface area contributed by atoms with Crippen LogP contribution in [-0.4, -0.2) is 62.7 Å². The van der Waals surface area contributed by atoms with Crippen molar-refractivity contribution in [3.05, 3.63) is 58.6 Å². The Hall–Kier alpha value is -2.82. The summed E-state index contributed by atoms with van der Waals surface area (Å²) in [6, 6.07) is 9.74. The second-order valence-electron chi connectivity index (χ2n) is 7.05. The minimum atomic E-state index is -1.55. The molecule has 1 aliphatic rings. The van der Waals surface area contributed by atoms with Crippen molar-refractivity contribution in [2.75, 3.05) is 6.61 Å². The van der Waals surface area contributed by atoms with Gasteiger partial charge in [0.1, 0.15) is 41.5 Å².